The molecule has 3 rings (SSSR count). The van der Waals surface area contributed by atoms with Crippen LogP contribution in [0.3, 0.4) is 0 Å². The van der Waals surface area contributed by atoms with Crippen LogP contribution in [0.5, 0.6) is 0 Å². The van der Waals surface area contributed by atoms with Crippen LogP contribution in [0.1, 0.15) is 17.2 Å². The Morgan fingerprint density at radius 2 is 2.10 bits per heavy atom. The van der Waals surface area contributed by atoms with Crippen LogP contribution in [0.4, 0.5) is 4.79 Å². The minimum absolute atomic E-state index is 0.377. The Kier molecular flexibility index (Phi) is 2.97. The lowest BCUT2D eigenvalue weighted by Gasteiger charge is -2.13. The van der Waals surface area contributed by atoms with Gasteiger partial charge < -0.3 is 5.32 Å². The average Bonchev–Trinajstić information content (AvgIpc) is 3.08. The van der Waals surface area contributed by atoms with E-state index in [1.54, 1.807) is 18.2 Å². The smallest absolute Gasteiger partial charge is 0.322 e. The van der Waals surface area contributed by atoms with Gasteiger partial charge in [-0.3, -0.25) is 10.1 Å². The Morgan fingerprint density at radius 1 is 1.25 bits per heavy atom. The molecular formula is C14H9N3O2S. The van der Waals surface area contributed by atoms with Gasteiger partial charge in [-0.15, -0.1) is 11.3 Å². The standard InChI is InChI=1S/C14H9N3O2S/c15-7-8-3-4-9(12-13(18)17-14(19)16-12)10(6-8)11-2-1-5-20-11/h1-6,12H,(H2,16,17,18,19). The van der Waals surface area contributed by atoms with E-state index in [2.05, 4.69) is 16.7 Å². The highest BCUT2D eigenvalue weighted by Crippen LogP contribution is 2.33. The third-order valence-electron chi connectivity index (χ3n) is 3.05. The number of benzene rings is 1. The Labute approximate surface area is 118 Å². The molecular weight excluding hydrogens is 274 g/mol. The van der Waals surface area contributed by atoms with Gasteiger partial charge in [0.15, 0.2) is 0 Å². The summed E-state index contributed by atoms with van der Waals surface area (Å²) >= 11 is 1.52. The largest absolute Gasteiger partial charge is 0.322 e. The lowest BCUT2D eigenvalue weighted by Crippen LogP contribution is -2.22. The summed E-state index contributed by atoms with van der Waals surface area (Å²) in [6.45, 7) is 0. The molecule has 0 spiro atoms. The van der Waals surface area contributed by atoms with Gasteiger partial charge in [0.2, 0.25) is 0 Å². The second-order valence-corrected chi connectivity index (χ2v) is 5.23. The summed E-state index contributed by atoms with van der Waals surface area (Å²) in [5.74, 6) is -0.377. The number of imide groups is 1. The van der Waals surface area contributed by atoms with Crippen LogP contribution in [0, 0.1) is 11.3 Å². The van der Waals surface area contributed by atoms with E-state index in [4.69, 9.17) is 5.26 Å². The Morgan fingerprint density at radius 3 is 2.70 bits per heavy atom. The van der Waals surface area contributed by atoms with Crippen LogP contribution in [-0.4, -0.2) is 11.9 Å². The minimum Gasteiger partial charge on any atom is -0.322 e. The molecule has 1 aliphatic rings. The van der Waals surface area contributed by atoms with Crippen molar-refractivity contribution in [3.05, 3.63) is 46.8 Å². The normalized spacial score (nSPS) is 17.4. The summed E-state index contributed by atoms with van der Waals surface area (Å²) < 4.78 is 0. The fourth-order valence-corrected chi connectivity index (χ4v) is 2.92. The third kappa shape index (κ3) is 2.04. The number of thiophene rings is 1. The molecule has 6 heteroatoms. The summed E-state index contributed by atoms with van der Waals surface area (Å²) in [6, 6.07) is 9.77. The Bertz CT molecular complexity index is 731. The number of carbonyl (C=O) groups excluding carboxylic acids is 2. The highest BCUT2D eigenvalue weighted by Gasteiger charge is 2.32. The topological polar surface area (TPSA) is 82.0 Å². The maximum atomic E-state index is 11.8. The van der Waals surface area contributed by atoms with Crippen LogP contribution < -0.4 is 10.6 Å². The van der Waals surface area contributed by atoms with Crippen molar-refractivity contribution in [2.45, 2.75) is 6.04 Å². The molecule has 5 nitrogen and oxygen atoms in total. The molecule has 98 valence electrons. The summed E-state index contributed by atoms with van der Waals surface area (Å²) in [4.78, 5) is 24.0. The molecule has 3 amide bonds. The Balaban J connectivity index is 2.14. The minimum atomic E-state index is -0.715. The number of amides is 3. The van der Waals surface area contributed by atoms with Gasteiger partial charge in [-0.25, -0.2) is 4.79 Å². The van der Waals surface area contributed by atoms with Crippen molar-refractivity contribution in [3.8, 4) is 16.5 Å². The van der Waals surface area contributed by atoms with Crippen molar-refractivity contribution < 1.29 is 9.59 Å². The fraction of sp³-hybridized carbons (Fsp3) is 0.0714. The quantitative estimate of drug-likeness (QED) is 0.829. The number of rotatable bonds is 2. The number of carbonyl (C=O) groups is 2. The van der Waals surface area contributed by atoms with Gasteiger partial charge in [-0.2, -0.15) is 5.26 Å². The van der Waals surface area contributed by atoms with E-state index in [0.29, 0.717) is 11.1 Å². The molecule has 1 aromatic carbocycles. The lowest BCUT2D eigenvalue weighted by atomic mass is 9.97. The van der Waals surface area contributed by atoms with Crippen LogP contribution in [-0.2, 0) is 4.79 Å². The highest BCUT2D eigenvalue weighted by molar-refractivity contribution is 7.13. The van der Waals surface area contributed by atoms with Gasteiger partial charge in [-0.05, 0) is 34.7 Å². The number of urea groups is 1. The van der Waals surface area contributed by atoms with Crippen LogP contribution in [0.25, 0.3) is 10.4 Å². The molecule has 1 atom stereocenters. The second kappa shape index (κ2) is 4.79. The molecule has 1 aliphatic heterocycles. The predicted molar refractivity (Wildman–Crippen MR) is 73.9 cm³/mol. The Hall–Kier alpha value is -2.65. The number of nitrogens with one attached hydrogen (secondary N) is 2. The van der Waals surface area contributed by atoms with E-state index >= 15 is 0 Å². The fourth-order valence-electron chi connectivity index (χ4n) is 2.16. The number of nitrogens with zero attached hydrogens (tertiary/aromatic N) is 1. The monoisotopic (exact) mass is 283 g/mol. The maximum absolute atomic E-state index is 11.8. The van der Waals surface area contributed by atoms with Crippen molar-refractivity contribution in [1.29, 1.82) is 5.26 Å². The first-order chi connectivity index (χ1) is 9.69. The van der Waals surface area contributed by atoms with E-state index in [9.17, 15) is 9.59 Å². The predicted octanol–water partition coefficient (Wildman–Crippen LogP) is 2.17. The molecule has 0 aliphatic carbocycles. The molecule has 1 fully saturated rings. The van der Waals surface area contributed by atoms with E-state index in [0.717, 1.165) is 10.4 Å². The van der Waals surface area contributed by atoms with Crippen molar-refractivity contribution in [3.63, 3.8) is 0 Å². The molecule has 0 bridgehead atoms. The average molecular weight is 283 g/mol. The molecule has 2 aromatic rings. The summed E-state index contributed by atoms with van der Waals surface area (Å²) in [5.41, 5.74) is 2.00. The van der Waals surface area contributed by atoms with E-state index in [1.807, 2.05) is 17.5 Å². The van der Waals surface area contributed by atoms with Gasteiger partial charge in [0.1, 0.15) is 6.04 Å². The van der Waals surface area contributed by atoms with Gasteiger partial charge in [0.25, 0.3) is 5.91 Å². The van der Waals surface area contributed by atoms with Gasteiger partial charge in [0, 0.05) is 4.88 Å². The van der Waals surface area contributed by atoms with Crippen molar-refractivity contribution in [2.75, 3.05) is 0 Å². The first-order valence-electron chi connectivity index (χ1n) is 5.88. The summed E-state index contributed by atoms with van der Waals surface area (Å²) in [5, 5.41) is 15.7. The third-order valence-corrected chi connectivity index (χ3v) is 3.96. The van der Waals surface area contributed by atoms with Crippen LogP contribution in [0.15, 0.2) is 35.7 Å². The van der Waals surface area contributed by atoms with Crippen LogP contribution >= 0.6 is 11.3 Å². The molecule has 0 radical (unpaired) electrons. The van der Waals surface area contributed by atoms with Gasteiger partial charge in [-0.1, -0.05) is 12.1 Å². The summed E-state index contributed by atoms with van der Waals surface area (Å²) in [6.07, 6.45) is 0. The first-order valence-corrected chi connectivity index (χ1v) is 6.76. The van der Waals surface area contributed by atoms with Crippen molar-refractivity contribution >= 4 is 23.3 Å². The van der Waals surface area contributed by atoms with Gasteiger partial charge in [0.05, 0.1) is 11.6 Å². The molecule has 2 N–H and O–H groups in total. The SMILES string of the molecule is N#Cc1ccc(C2NC(=O)NC2=O)c(-c2cccs2)c1. The van der Waals surface area contributed by atoms with Crippen LogP contribution in [0.2, 0.25) is 0 Å². The molecule has 1 aromatic heterocycles. The second-order valence-electron chi connectivity index (χ2n) is 4.29. The number of hydrogen-bond acceptors (Lipinski definition) is 4. The van der Waals surface area contributed by atoms with Crippen molar-refractivity contribution in [1.82, 2.24) is 10.6 Å². The van der Waals surface area contributed by atoms with E-state index in [-0.39, 0.29) is 5.91 Å². The zero-order valence-electron chi connectivity index (χ0n) is 10.2. The number of hydrogen-bond donors (Lipinski definition) is 2. The van der Waals surface area contributed by atoms with E-state index < -0.39 is 12.1 Å². The zero-order valence-corrected chi connectivity index (χ0v) is 11.0. The summed E-state index contributed by atoms with van der Waals surface area (Å²) in [7, 11) is 0. The molecule has 1 unspecified atom stereocenters. The maximum Gasteiger partial charge on any atom is 0.322 e. The molecule has 1 saturated heterocycles. The first kappa shape index (κ1) is 12.4. The molecule has 20 heavy (non-hydrogen) atoms. The zero-order chi connectivity index (χ0) is 14.1. The molecule has 0 saturated carbocycles. The number of nitriles is 1. The van der Waals surface area contributed by atoms with Gasteiger partial charge >= 0.3 is 6.03 Å². The van der Waals surface area contributed by atoms with Crippen molar-refractivity contribution in [2.24, 2.45) is 0 Å². The molecule has 2 heterocycles. The van der Waals surface area contributed by atoms with E-state index in [1.165, 1.54) is 11.3 Å². The lowest BCUT2D eigenvalue weighted by molar-refractivity contribution is -0.120. The highest BCUT2D eigenvalue weighted by atomic mass is 32.1.